The molecule has 1 aromatic carbocycles. The van der Waals surface area contributed by atoms with Gasteiger partial charge in [0, 0.05) is 31.7 Å². The van der Waals surface area contributed by atoms with Crippen molar-refractivity contribution in [2.45, 2.75) is 51.0 Å². The van der Waals surface area contributed by atoms with Crippen molar-refractivity contribution in [2.24, 2.45) is 0 Å². The quantitative estimate of drug-likeness (QED) is 0.889. The fourth-order valence-corrected chi connectivity index (χ4v) is 4.22. The highest BCUT2D eigenvalue weighted by atomic mass is 32.2. The number of carbonyl (C=O) groups excluding carboxylic acids is 1. The number of benzene rings is 1. The van der Waals surface area contributed by atoms with Crippen LogP contribution in [0.5, 0.6) is 0 Å². The Labute approximate surface area is 151 Å². The summed E-state index contributed by atoms with van der Waals surface area (Å²) < 4.78 is 27.0. The molecule has 0 unspecified atom stereocenters. The van der Waals surface area contributed by atoms with Gasteiger partial charge in [-0.1, -0.05) is 25.5 Å². The van der Waals surface area contributed by atoms with Gasteiger partial charge in [-0.05, 0) is 44.9 Å². The van der Waals surface area contributed by atoms with Crippen LogP contribution in [0.25, 0.3) is 0 Å². The molecule has 1 aliphatic heterocycles. The summed E-state index contributed by atoms with van der Waals surface area (Å²) in [6.45, 7) is 9.30. The number of nitrogens with one attached hydrogen (secondary N) is 1. The minimum Gasteiger partial charge on any atom is -0.333 e. The summed E-state index contributed by atoms with van der Waals surface area (Å²) in [5.41, 5.74) is 0.839. The summed E-state index contributed by atoms with van der Waals surface area (Å²) in [6, 6.07) is 6.97. The smallest absolute Gasteiger partial charge is 0.317 e. The third-order valence-corrected chi connectivity index (χ3v) is 6.02. The Kier molecular flexibility index (Phi) is 6.11. The molecule has 1 aromatic rings. The molecule has 0 aromatic heterocycles. The van der Waals surface area contributed by atoms with Crippen LogP contribution in [0, 0.1) is 0 Å². The third-order valence-electron chi connectivity index (χ3n) is 4.11. The van der Waals surface area contributed by atoms with Gasteiger partial charge in [0.05, 0.1) is 4.90 Å². The number of rotatable bonds is 4. The minimum absolute atomic E-state index is 0.145. The lowest BCUT2D eigenvalue weighted by Gasteiger charge is -2.35. The molecule has 0 bridgehead atoms. The third kappa shape index (κ3) is 5.19. The number of aryl methyl sites for hydroxylation is 1. The first-order valence-corrected chi connectivity index (χ1v) is 10.2. The maximum atomic E-state index is 12.8. The van der Waals surface area contributed by atoms with E-state index in [1.54, 1.807) is 17.0 Å². The lowest BCUT2D eigenvalue weighted by atomic mass is 10.1. The standard InChI is InChI=1S/C18H29N3O3S/c1-5-6-15-7-9-16(10-8-15)25(23,24)21-13-11-20(12-14-21)17(22)19-18(2,3)4/h7-10H,5-6,11-14H2,1-4H3,(H,19,22). The molecule has 1 fully saturated rings. The summed E-state index contributed by atoms with van der Waals surface area (Å²) >= 11 is 0. The first-order valence-electron chi connectivity index (χ1n) is 8.79. The molecule has 140 valence electrons. The molecular weight excluding hydrogens is 338 g/mol. The molecular formula is C18H29N3O3S. The van der Waals surface area contributed by atoms with E-state index >= 15 is 0 Å². The lowest BCUT2D eigenvalue weighted by Crippen LogP contribution is -2.55. The molecule has 0 saturated carbocycles. The Morgan fingerprint density at radius 2 is 1.64 bits per heavy atom. The van der Waals surface area contributed by atoms with E-state index in [4.69, 9.17) is 0 Å². The Balaban J connectivity index is 2.00. The van der Waals surface area contributed by atoms with Gasteiger partial charge >= 0.3 is 6.03 Å². The second-order valence-electron chi connectivity index (χ2n) is 7.47. The Morgan fingerprint density at radius 3 is 2.12 bits per heavy atom. The second kappa shape index (κ2) is 7.74. The van der Waals surface area contributed by atoms with E-state index in [1.807, 2.05) is 32.9 Å². The number of nitrogens with zero attached hydrogens (tertiary/aromatic N) is 2. The number of piperazine rings is 1. The van der Waals surface area contributed by atoms with Crippen molar-refractivity contribution in [1.29, 1.82) is 0 Å². The number of urea groups is 1. The fraction of sp³-hybridized carbons (Fsp3) is 0.611. The van der Waals surface area contributed by atoms with E-state index < -0.39 is 10.0 Å². The largest absolute Gasteiger partial charge is 0.333 e. The topological polar surface area (TPSA) is 69.7 Å². The first-order chi connectivity index (χ1) is 11.6. The summed E-state index contributed by atoms with van der Waals surface area (Å²) in [5.74, 6) is 0. The highest BCUT2D eigenvalue weighted by molar-refractivity contribution is 7.89. The van der Waals surface area contributed by atoms with Crippen LogP contribution in [0.3, 0.4) is 0 Å². The first kappa shape index (κ1) is 19.7. The summed E-state index contributed by atoms with van der Waals surface area (Å²) in [6.07, 6.45) is 1.98. The van der Waals surface area contributed by atoms with Gasteiger partial charge in [-0.3, -0.25) is 0 Å². The predicted molar refractivity (Wildman–Crippen MR) is 99.1 cm³/mol. The molecule has 1 N–H and O–H groups in total. The number of sulfonamides is 1. The molecule has 7 heteroatoms. The molecule has 2 amide bonds. The van der Waals surface area contributed by atoms with Crippen LogP contribution < -0.4 is 5.32 Å². The molecule has 1 aliphatic rings. The molecule has 2 rings (SSSR count). The Morgan fingerprint density at radius 1 is 1.08 bits per heavy atom. The Hall–Kier alpha value is -1.60. The zero-order chi connectivity index (χ0) is 18.7. The highest BCUT2D eigenvalue weighted by Crippen LogP contribution is 2.19. The van der Waals surface area contributed by atoms with Crippen molar-refractivity contribution in [1.82, 2.24) is 14.5 Å². The number of hydrogen-bond acceptors (Lipinski definition) is 3. The van der Waals surface area contributed by atoms with Gasteiger partial charge in [-0.15, -0.1) is 0 Å². The van der Waals surface area contributed by atoms with Crippen LogP contribution in [0.2, 0.25) is 0 Å². The number of carbonyl (C=O) groups is 1. The van der Waals surface area contributed by atoms with Crippen molar-refractivity contribution < 1.29 is 13.2 Å². The molecule has 0 spiro atoms. The zero-order valence-electron chi connectivity index (χ0n) is 15.6. The van der Waals surface area contributed by atoms with Crippen molar-refractivity contribution in [3.63, 3.8) is 0 Å². The van der Waals surface area contributed by atoms with Crippen LogP contribution in [0.4, 0.5) is 4.79 Å². The maximum absolute atomic E-state index is 12.8. The Bertz CT molecular complexity index is 685. The molecule has 0 radical (unpaired) electrons. The van der Waals surface area contributed by atoms with Crippen LogP contribution in [-0.4, -0.2) is 55.4 Å². The normalized spacial score (nSPS) is 16.7. The molecule has 6 nitrogen and oxygen atoms in total. The SMILES string of the molecule is CCCc1ccc(S(=O)(=O)N2CCN(C(=O)NC(C)(C)C)CC2)cc1. The van der Waals surface area contributed by atoms with Gasteiger partial charge in [-0.25, -0.2) is 13.2 Å². The molecule has 25 heavy (non-hydrogen) atoms. The average Bonchev–Trinajstić information content (AvgIpc) is 2.54. The summed E-state index contributed by atoms with van der Waals surface area (Å²) in [4.78, 5) is 14.2. The lowest BCUT2D eigenvalue weighted by molar-refractivity contribution is 0.165. The van der Waals surface area contributed by atoms with Crippen molar-refractivity contribution in [2.75, 3.05) is 26.2 Å². The van der Waals surface area contributed by atoms with Crippen LogP contribution >= 0.6 is 0 Å². The highest BCUT2D eigenvalue weighted by Gasteiger charge is 2.30. The van der Waals surface area contributed by atoms with Crippen LogP contribution in [0.15, 0.2) is 29.2 Å². The van der Waals surface area contributed by atoms with Gasteiger partial charge in [0.25, 0.3) is 0 Å². The summed E-state index contributed by atoms with van der Waals surface area (Å²) in [5, 5.41) is 2.91. The molecule has 0 atom stereocenters. The van der Waals surface area contributed by atoms with Gasteiger partial charge in [0.2, 0.25) is 10.0 Å². The molecule has 0 aliphatic carbocycles. The van der Waals surface area contributed by atoms with Crippen molar-refractivity contribution in [3.8, 4) is 0 Å². The summed E-state index contributed by atoms with van der Waals surface area (Å²) in [7, 11) is -3.50. The van der Waals surface area contributed by atoms with Crippen molar-refractivity contribution in [3.05, 3.63) is 29.8 Å². The van der Waals surface area contributed by atoms with Crippen molar-refractivity contribution >= 4 is 16.1 Å². The maximum Gasteiger partial charge on any atom is 0.317 e. The average molecular weight is 368 g/mol. The zero-order valence-corrected chi connectivity index (χ0v) is 16.4. The van der Waals surface area contributed by atoms with E-state index in [-0.39, 0.29) is 11.6 Å². The van der Waals surface area contributed by atoms with E-state index in [1.165, 1.54) is 4.31 Å². The van der Waals surface area contributed by atoms with Gasteiger partial charge in [-0.2, -0.15) is 4.31 Å². The van der Waals surface area contributed by atoms with E-state index in [2.05, 4.69) is 12.2 Å². The minimum atomic E-state index is -3.50. The van der Waals surface area contributed by atoms with E-state index in [0.717, 1.165) is 18.4 Å². The predicted octanol–water partition coefficient (Wildman–Crippen LogP) is 2.45. The number of amides is 2. The molecule has 1 saturated heterocycles. The van der Waals surface area contributed by atoms with Crippen LogP contribution in [0.1, 0.15) is 39.7 Å². The number of hydrogen-bond donors (Lipinski definition) is 1. The van der Waals surface area contributed by atoms with Gasteiger partial charge < -0.3 is 10.2 Å². The van der Waals surface area contributed by atoms with Crippen LogP contribution in [-0.2, 0) is 16.4 Å². The fourth-order valence-electron chi connectivity index (χ4n) is 2.80. The second-order valence-corrected chi connectivity index (χ2v) is 9.40. The monoisotopic (exact) mass is 367 g/mol. The van der Waals surface area contributed by atoms with E-state index in [9.17, 15) is 13.2 Å². The van der Waals surface area contributed by atoms with Gasteiger partial charge in [0.1, 0.15) is 0 Å². The van der Waals surface area contributed by atoms with E-state index in [0.29, 0.717) is 31.1 Å². The molecule has 1 heterocycles. The van der Waals surface area contributed by atoms with Gasteiger partial charge in [0.15, 0.2) is 0 Å².